The summed E-state index contributed by atoms with van der Waals surface area (Å²) >= 11 is 0. The van der Waals surface area contributed by atoms with Crippen molar-refractivity contribution in [2.24, 2.45) is 5.92 Å². The van der Waals surface area contributed by atoms with Crippen molar-refractivity contribution in [3.8, 4) is 0 Å². The maximum absolute atomic E-state index is 12.3. The third-order valence-electron chi connectivity index (χ3n) is 5.22. The summed E-state index contributed by atoms with van der Waals surface area (Å²) in [6.45, 7) is 11.6. The first-order valence-corrected chi connectivity index (χ1v) is 8.85. The van der Waals surface area contributed by atoms with Gasteiger partial charge in [0, 0.05) is 6.42 Å². The van der Waals surface area contributed by atoms with Crippen LogP contribution in [0.5, 0.6) is 0 Å². The second-order valence-electron chi connectivity index (χ2n) is 7.29. The van der Waals surface area contributed by atoms with Crippen LogP contribution in [0.3, 0.4) is 0 Å². The molecule has 1 aromatic heterocycles. The molecule has 0 unspecified atom stereocenters. The lowest BCUT2D eigenvalue weighted by molar-refractivity contribution is -0.141. The van der Waals surface area contributed by atoms with E-state index in [9.17, 15) is 14.7 Å². The van der Waals surface area contributed by atoms with Crippen LogP contribution < -0.4 is 0 Å². The molecule has 3 rings (SSSR count). The van der Waals surface area contributed by atoms with Crippen molar-refractivity contribution in [1.29, 1.82) is 0 Å². The lowest BCUT2D eigenvalue weighted by Crippen LogP contribution is -2.22. The highest BCUT2D eigenvalue weighted by Gasteiger charge is 2.40. The summed E-state index contributed by atoms with van der Waals surface area (Å²) in [7, 11) is 1.31. The first-order valence-electron chi connectivity index (χ1n) is 8.85. The van der Waals surface area contributed by atoms with Gasteiger partial charge in [0.1, 0.15) is 23.2 Å². The Hall–Kier alpha value is -2.60. The van der Waals surface area contributed by atoms with Crippen molar-refractivity contribution in [3.05, 3.63) is 59.1 Å². The van der Waals surface area contributed by atoms with E-state index in [4.69, 9.17) is 13.9 Å². The molecule has 2 aliphatic heterocycles. The van der Waals surface area contributed by atoms with E-state index in [-0.39, 0.29) is 17.9 Å². The number of aliphatic hydroxyl groups excluding tert-OH is 1. The van der Waals surface area contributed by atoms with Gasteiger partial charge in [0.15, 0.2) is 0 Å². The number of allylic oxidation sites excluding steroid dienone is 1. The Kier molecular flexibility index (Phi) is 5.11. The number of fused-ring (bicyclic) bond motifs is 3. The van der Waals surface area contributed by atoms with Crippen molar-refractivity contribution >= 4 is 11.9 Å². The van der Waals surface area contributed by atoms with Gasteiger partial charge < -0.3 is 19.0 Å². The standard InChI is InChI=1S/C21H24O6/c1-10(2)12-6-15(22)13-8-18(27-21(13)24)19(11(3)4)17-9-14(20(23)25-5)16(7-12)26-17/h8-9,12,15,18-19,22H,1,3,6-7H2,2,4-5H3/t12-,15+,18-,19+/m1/s1. The van der Waals surface area contributed by atoms with Crippen molar-refractivity contribution in [3.63, 3.8) is 0 Å². The molecule has 27 heavy (non-hydrogen) atoms. The molecule has 0 radical (unpaired) electrons. The van der Waals surface area contributed by atoms with E-state index >= 15 is 0 Å². The van der Waals surface area contributed by atoms with E-state index in [1.807, 2.05) is 6.92 Å². The van der Waals surface area contributed by atoms with Gasteiger partial charge in [-0.1, -0.05) is 24.3 Å². The first-order chi connectivity index (χ1) is 12.7. The lowest BCUT2D eigenvalue weighted by Gasteiger charge is -2.21. The smallest absolute Gasteiger partial charge is 0.341 e. The number of carbonyl (C=O) groups excluding carboxylic acids is 2. The van der Waals surface area contributed by atoms with Crippen molar-refractivity contribution in [2.45, 2.75) is 44.8 Å². The fourth-order valence-corrected chi connectivity index (χ4v) is 3.68. The fourth-order valence-electron chi connectivity index (χ4n) is 3.68. The zero-order valence-electron chi connectivity index (χ0n) is 15.8. The van der Waals surface area contributed by atoms with Gasteiger partial charge in [0.05, 0.1) is 24.7 Å². The Morgan fingerprint density at radius 2 is 2.00 bits per heavy atom. The highest BCUT2D eigenvalue weighted by atomic mass is 16.6. The molecule has 6 nitrogen and oxygen atoms in total. The van der Waals surface area contributed by atoms with Gasteiger partial charge in [-0.3, -0.25) is 0 Å². The molecule has 1 N–H and O–H groups in total. The Balaban J connectivity index is 2.17. The molecule has 0 fully saturated rings. The lowest BCUT2D eigenvalue weighted by atomic mass is 9.86. The van der Waals surface area contributed by atoms with Gasteiger partial charge in [-0.25, -0.2) is 9.59 Å². The molecule has 6 heteroatoms. The van der Waals surface area contributed by atoms with E-state index in [0.717, 1.165) is 5.57 Å². The van der Waals surface area contributed by atoms with Crippen LogP contribution >= 0.6 is 0 Å². The van der Waals surface area contributed by atoms with Crippen LogP contribution in [0.4, 0.5) is 0 Å². The topological polar surface area (TPSA) is 86.0 Å². The average molecular weight is 372 g/mol. The quantitative estimate of drug-likeness (QED) is 0.648. The van der Waals surface area contributed by atoms with Crippen LogP contribution in [0, 0.1) is 5.92 Å². The number of ether oxygens (including phenoxy) is 2. The molecular formula is C21H24O6. The number of rotatable bonds is 3. The highest BCUT2D eigenvalue weighted by molar-refractivity contribution is 5.92. The monoisotopic (exact) mass is 372 g/mol. The molecule has 0 saturated heterocycles. The molecule has 0 saturated carbocycles. The van der Waals surface area contributed by atoms with Crippen LogP contribution in [0.15, 0.2) is 46.4 Å². The van der Waals surface area contributed by atoms with Gasteiger partial charge >= 0.3 is 11.9 Å². The van der Waals surface area contributed by atoms with Crippen LogP contribution in [0.2, 0.25) is 0 Å². The number of aliphatic hydroxyl groups is 1. The van der Waals surface area contributed by atoms with Gasteiger partial charge in [-0.15, -0.1) is 0 Å². The summed E-state index contributed by atoms with van der Waals surface area (Å²) in [5, 5.41) is 10.6. The molecule has 0 amide bonds. The summed E-state index contributed by atoms with van der Waals surface area (Å²) in [4.78, 5) is 24.6. The third kappa shape index (κ3) is 3.49. The first kappa shape index (κ1) is 19.2. The molecule has 1 aromatic rings. The number of hydrogen-bond acceptors (Lipinski definition) is 6. The van der Waals surface area contributed by atoms with E-state index < -0.39 is 30.1 Å². The van der Waals surface area contributed by atoms with E-state index in [1.165, 1.54) is 7.11 Å². The average Bonchev–Trinajstić information content (AvgIpc) is 3.16. The summed E-state index contributed by atoms with van der Waals surface area (Å²) in [5.41, 5.74) is 2.11. The van der Waals surface area contributed by atoms with E-state index in [0.29, 0.717) is 29.1 Å². The summed E-state index contributed by atoms with van der Waals surface area (Å²) in [6.07, 6.45) is 0.644. The van der Waals surface area contributed by atoms with Gasteiger partial charge in [0.2, 0.25) is 0 Å². The zero-order valence-corrected chi connectivity index (χ0v) is 15.8. The number of furan rings is 1. The van der Waals surface area contributed by atoms with Crippen molar-refractivity contribution in [1.82, 2.24) is 0 Å². The fraction of sp³-hybridized carbons (Fsp3) is 0.429. The number of esters is 2. The molecule has 4 atom stereocenters. The molecule has 3 heterocycles. The van der Waals surface area contributed by atoms with Crippen molar-refractivity contribution in [2.75, 3.05) is 7.11 Å². The van der Waals surface area contributed by atoms with E-state index in [2.05, 4.69) is 13.2 Å². The van der Waals surface area contributed by atoms with Crippen LogP contribution in [0.1, 0.15) is 48.1 Å². The second kappa shape index (κ2) is 7.19. The Bertz CT molecular complexity index is 843. The summed E-state index contributed by atoms with van der Waals surface area (Å²) in [5.74, 6) is -0.742. The second-order valence-corrected chi connectivity index (χ2v) is 7.29. The molecule has 0 aromatic carbocycles. The maximum atomic E-state index is 12.3. The maximum Gasteiger partial charge on any atom is 0.341 e. The molecule has 0 aliphatic carbocycles. The SMILES string of the molecule is C=C(C)[C@H]1Cc2oc(cc2C(=O)OC)[C@H](C(=C)C)[C@H]2C=C(C(=O)O2)[C@@H](O)C1. The molecule has 144 valence electrons. The van der Waals surface area contributed by atoms with E-state index in [1.54, 1.807) is 19.1 Å². The number of carbonyl (C=O) groups is 2. The van der Waals surface area contributed by atoms with Gasteiger partial charge in [-0.05, 0) is 38.3 Å². The Morgan fingerprint density at radius 1 is 1.30 bits per heavy atom. The van der Waals surface area contributed by atoms with Crippen LogP contribution in [0.25, 0.3) is 0 Å². The van der Waals surface area contributed by atoms with Crippen LogP contribution in [-0.4, -0.2) is 36.4 Å². The molecule has 2 aliphatic rings. The number of methoxy groups -OCH3 is 1. The minimum Gasteiger partial charge on any atom is -0.465 e. The van der Waals surface area contributed by atoms with Crippen molar-refractivity contribution < 1.29 is 28.6 Å². The minimum atomic E-state index is -0.984. The molecule has 0 spiro atoms. The third-order valence-corrected chi connectivity index (χ3v) is 5.22. The predicted molar refractivity (Wildman–Crippen MR) is 98.2 cm³/mol. The summed E-state index contributed by atoms with van der Waals surface area (Å²) in [6, 6.07) is 1.63. The highest BCUT2D eigenvalue weighted by Crippen LogP contribution is 2.39. The van der Waals surface area contributed by atoms with Gasteiger partial charge in [0.25, 0.3) is 0 Å². The number of hydrogen-bond donors (Lipinski definition) is 1. The Labute approximate surface area is 158 Å². The Morgan fingerprint density at radius 3 is 2.59 bits per heavy atom. The summed E-state index contributed by atoms with van der Waals surface area (Å²) < 4.78 is 16.4. The zero-order chi connectivity index (χ0) is 19.9. The van der Waals surface area contributed by atoms with Gasteiger partial charge in [-0.2, -0.15) is 0 Å². The minimum absolute atomic E-state index is 0.184. The van der Waals surface area contributed by atoms with Crippen LogP contribution in [-0.2, 0) is 20.7 Å². The predicted octanol–water partition coefficient (Wildman–Crippen LogP) is 3.08. The molecular weight excluding hydrogens is 348 g/mol. The normalized spacial score (nSPS) is 27.3. The largest absolute Gasteiger partial charge is 0.465 e. The molecule has 4 bridgehead atoms.